The fourth-order valence-electron chi connectivity index (χ4n) is 3.96. The molecule has 1 saturated heterocycles. The zero-order valence-corrected chi connectivity index (χ0v) is 18.0. The SMILES string of the molecule is CCCCCNC(=O)C(=O)NC[C@H](c1ccco1)[NH+]1CCN(c2ccccc2F)CC1. The average molecular weight is 432 g/mol. The summed E-state index contributed by atoms with van der Waals surface area (Å²) in [5.41, 5.74) is 0.615. The normalized spacial score (nSPS) is 15.5. The Balaban J connectivity index is 1.55. The molecule has 2 heterocycles. The van der Waals surface area contributed by atoms with Crippen molar-refractivity contribution in [3.8, 4) is 0 Å². The fraction of sp³-hybridized carbons (Fsp3) is 0.478. The lowest BCUT2D eigenvalue weighted by Gasteiger charge is -2.37. The van der Waals surface area contributed by atoms with Gasteiger partial charge in [0.05, 0.1) is 44.7 Å². The highest BCUT2D eigenvalue weighted by Crippen LogP contribution is 2.19. The van der Waals surface area contributed by atoms with Crippen molar-refractivity contribution in [2.24, 2.45) is 0 Å². The molecule has 168 valence electrons. The van der Waals surface area contributed by atoms with E-state index in [9.17, 15) is 14.0 Å². The molecule has 0 saturated carbocycles. The Kier molecular flexibility index (Phi) is 8.46. The number of rotatable bonds is 9. The van der Waals surface area contributed by atoms with E-state index in [-0.39, 0.29) is 11.9 Å². The molecule has 8 heteroatoms. The van der Waals surface area contributed by atoms with E-state index < -0.39 is 11.8 Å². The van der Waals surface area contributed by atoms with Crippen molar-refractivity contribution in [3.63, 3.8) is 0 Å². The minimum absolute atomic E-state index is 0.116. The summed E-state index contributed by atoms with van der Waals surface area (Å²) in [7, 11) is 0. The molecule has 1 aliphatic rings. The lowest BCUT2D eigenvalue weighted by atomic mass is 10.1. The second-order valence-electron chi connectivity index (χ2n) is 7.84. The van der Waals surface area contributed by atoms with Crippen molar-refractivity contribution < 1.29 is 23.3 Å². The van der Waals surface area contributed by atoms with E-state index in [0.29, 0.717) is 31.9 Å². The predicted octanol–water partition coefficient (Wildman–Crippen LogP) is 1.29. The van der Waals surface area contributed by atoms with Gasteiger partial charge in [-0.1, -0.05) is 31.9 Å². The monoisotopic (exact) mass is 431 g/mol. The number of nitrogens with one attached hydrogen (secondary N) is 3. The van der Waals surface area contributed by atoms with Gasteiger partial charge in [0.2, 0.25) is 0 Å². The van der Waals surface area contributed by atoms with Crippen LogP contribution < -0.4 is 20.4 Å². The van der Waals surface area contributed by atoms with Crippen LogP contribution in [0.1, 0.15) is 38.0 Å². The summed E-state index contributed by atoms with van der Waals surface area (Å²) in [5, 5.41) is 5.42. The Morgan fingerprint density at radius 3 is 2.52 bits per heavy atom. The largest absolute Gasteiger partial charge is 0.463 e. The van der Waals surface area contributed by atoms with Crippen LogP contribution in [0.2, 0.25) is 0 Å². The third-order valence-corrected chi connectivity index (χ3v) is 5.72. The van der Waals surface area contributed by atoms with E-state index in [1.165, 1.54) is 11.0 Å². The number of amides is 2. The maximum Gasteiger partial charge on any atom is 0.309 e. The van der Waals surface area contributed by atoms with Crippen LogP contribution in [-0.4, -0.2) is 51.1 Å². The van der Waals surface area contributed by atoms with E-state index in [1.807, 2.05) is 23.1 Å². The molecule has 1 aromatic heterocycles. The van der Waals surface area contributed by atoms with E-state index in [2.05, 4.69) is 17.6 Å². The zero-order valence-electron chi connectivity index (χ0n) is 18.0. The molecule has 0 aliphatic carbocycles. The number of piperazine rings is 1. The first-order chi connectivity index (χ1) is 15.1. The summed E-state index contributed by atoms with van der Waals surface area (Å²) in [6.07, 6.45) is 4.55. The standard InChI is InChI=1S/C23H31FN4O3/c1-2-3-6-11-25-22(29)23(30)26-17-20(21-10-7-16-31-21)28-14-12-27(13-15-28)19-9-5-4-8-18(19)24/h4-5,7-10,16,20H,2-3,6,11-15,17H2,1H3,(H,25,29)(H,26,30)/p+1/t20-/m1/s1. The Morgan fingerprint density at radius 1 is 1.10 bits per heavy atom. The maximum atomic E-state index is 14.1. The van der Waals surface area contributed by atoms with Gasteiger partial charge in [-0.2, -0.15) is 0 Å². The topological polar surface area (TPSA) is 79.0 Å². The van der Waals surface area contributed by atoms with Gasteiger partial charge < -0.3 is 24.9 Å². The van der Waals surface area contributed by atoms with Gasteiger partial charge in [0.15, 0.2) is 11.8 Å². The van der Waals surface area contributed by atoms with E-state index in [1.54, 1.807) is 18.4 Å². The molecule has 1 aliphatic heterocycles. The van der Waals surface area contributed by atoms with Crippen LogP contribution in [0, 0.1) is 5.82 Å². The van der Waals surface area contributed by atoms with Gasteiger partial charge in [-0.05, 0) is 30.7 Å². The van der Waals surface area contributed by atoms with Gasteiger partial charge in [0.25, 0.3) is 0 Å². The van der Waals surface area contributed by atoms with Crippen molar-refractivity contribution in [3.05, 3.63) is 54.2 Å². The minimum Gasteiger partial charge on any atom is -0.463 e. The highest BCUT2D eigenvalue weighted by Gasteiger charge is 2.32. The summed E-state index contributed by atoms with van der Waals surface area (Å²) in [5.74, 6) is -0.685. The van der Waals surface area contributed by atoms with Crippen molar-refractivity contribution in [2.75, 3.05) is 44.2 Å². The first-order valence-electron chi connectivity index (χ1n) is 11.0. The number of unbranched alkanes of at least 4 members (excludes halogenated alkanes) is 2. The van der Waals surface area contributed by atoms with Crippen LogP contribution in [0.25, 0.3) is 0 Å². The van der Waals surface area contributed by atoms with Gasteiger partial charge in [-0.15, -0.1) is 0 Å². The Hall–Kier alpha value is -2.87. The lowest BCUT2D eigenvalue weighted by molar-refractivity contribution is -0.932. The van der Waals surface area contributed by atoms with E-state index in [0.717, 1.165) is 38.1 Å². The maximum absolute atomic E-state index is 14.1. The van der Waals surface area contributed by atoms with E-state index in [4.69, 9.17) is 4.42 Å². The van der Waals surface area contributed by atoms with Crippen molar-refractivity contribution in [1.29, 1.82) is 0 Å². The molecule has 31 heavy (non-hydrogen) atoms. The third kappa shape index (κ3) is 6.30. The van der Waals surface area contributed by atoms with Crippen LogP contribution in [-0.2, 0) is 9.59 Å². The lowest BCUT2D eigenvalue weighted by Crippen LogP contribution is -3.15. The van der Waals surface area contributed by atoms with Crippen LogP contribution in [0.5, 0.6) is 0 Å². The summed E-state index contributed by atoms with van der Waals surface area (Å²) in [6, 6.07) is 10.4. The molecule has 1 atom stereocenters. The number of halogens is 1. The van der Waals surface area contributed by atoms with Crippen molar-refractivity contribution in [2.45, 2.75) is 32.2 Å². The number of quaternary nitrogens is 1. The average Bonchev–Trinajstić information content (AvgIpc) is 3.32. The molecule has 7 nitrogen and oxygen atoms in total. The Bertz CT molecular complexity index is 835. The number of nitrogens with zero attached hydrogens (tertiary/aromatic N) is 1. The first-order valence-corrected chi connectivity index (χ1v) is 11.0. The van der Waals surface area contributed by atoms with Gasteiger partial charge >= 0.3 is 11.8 Å². The van der Waals surface area contributed by atoms with Crippen LogP contribution >= 0.6 is 0 Å². The van der Waals surface area contributed by atoms with Crippen molar-refractivity contribution in [1.82, 2.24) is 10.6 Å². The molecule has 0 unspecified atom stereocenters. The smallest absolute Gasteiger partial charge is 0.309 e. The van der Waals surface area contributed by atoms with Crippen LogP contribution in [0.15, 0.2) is 47.1 Å². The third-order valence-electron chi connectivity index (χ3n) is 5.72. The van der Waals surface area contributed by atoms with Gasteiger partial charge in [-0.25, -0.2) is 4.39 Å². The predicted molar refractivity (Wildman–Crippen MR) is 116 cm³/mol. The van der Waals surface area contributed by atoms with Gasteiger partial charge in [0, 0.05) is 6.54 Å². The fourth-order valence-corrected chi connectivity index (χ4v) is 3.96. The molecule has 2 aromatic rings. The second kappa shape index (κ2) is 11.5. The van der Waals surface area contributed by atoms with Crippen LogP contribution in [0.3, 0.4) is 0 Å². The molecule has 3 rings (SSSR count). The van der Waals surface area contributed by atoms with E-state index >= 15 is 0 Å². The number of benzene rings is 1. The molecule has 1 aromatic carbocycles. The first kappa shape index (κ1) is 22.8. The molecule has 2 amide bonds. The second-order valence-corrected chi connectivity index (χ2v) is 7.84. The molecule has 0 bridgehead atoms. The zero-order chi connectivity index (χ0) is 22.1. The quantitative estimate of drug-likeness (QED) is 0.413. The summed E-state index contributed by atoms with van der Waals surface area (Å²) < 4.78 is 19.7. The Morgan fingerprint density at radius 2 is 1.84 bits per heavy atom. The Labute approximate surface area is 182 Å². The summed E-state index contributed by atoms with van der Waals surface area (Å²) >= 11 is 0. The number of furan rings is 1. The van der Waals surface area contributed by atoms with Crippen molar-refractivity contribution >= 4 is 17.5 Å². The number of para-hydroxylation sites is 1. The summed E-state index contributed by atoms with van der Waals surface area (Å²) in [4.78, 5) is 27.5. The molecular formula is C23H32FN4O3+. The number of hydrogen-bond donors (Lipinski definition) is 3. The molecule has 0 spiro atoms. The highest BCUT2D eigenvalue weighted by molar-refractivity contribution is 6.35. The number of hydrogen-bond acceptors (Lipinski definition) is 4. The molecular weight excluding hydrogens is 399 g/mol. The van der Waals surface area contributed by atoms with Gasteiger partial charge in [0.1, 0.15) is 5.82 Å². The summed E-state index contributed by atoms with van der Waals surface area (Å²) in [6.45, 7) is 5.80. The number of anilines is 1. The molecule has 0 radical (unpaired) electrons. The van der Waals surface area contributed by atoms with Gasteiger partial charge in [-0.3, -0.25) is 9.59 Å². The van der Waals surface area contributed by atoms with Crippen LogP contribution in [0.4, 0.5) is 10.1 Å². The molecule has 3 N–H and O–H groups in total. The number of carbonyl (C=O) groups excluding carboxylic acids is 2. The highest BCUT2D eigenvalue weighted by atomic mass is 19.1. The number of carbonyl (C=O) groups is 2. The molecule has 1 fully saturated rings. The minimum atomic E-state index is -0.627.